The number of nitro benzene ring substituents is 1. The van der Waals surface area contributed by atoms with E-state index in [-0.39, 0.29) is 21.7 Å². The molecule has 0 unspecified atom stereocenters. The molecular weight excluding hydrogens is 404 g/mol. The molecule has 0 aliphatic heterocycles. The van der Waals surface area contributed by atoms with E-state index in [4.69, 9.17) is 0 Å². The third kappa shape index (κ3) is 3.60. The second-order valence-corrected chi connectivity index (χ2v) is 7.18. The third-order valence-corrected chi connectivity index (χ3v) is 5.25. The van der Waals surface area contributed by atoms with E-state index in [1.807, 2.05) is 0 Å². The molecule has 1 aromatic rings. The van der Waals surface area contributed by atoms with Gasteiger partial charge in [0.25, 0.3) is 5.69 Å². The lowest BCUT2D eigenvalue weighted by molar-refractivity contribution is -0.385. The van der Waals surface area contributed by atoms with E-state index < -0.39 is 19.9 Å². The molecule has 126 valence electrons. The fourth-order valence-corrected chi connectivity index (χ4v) is 3.01. The summed E-state index contributed by atoms with van der Waals surface area (Å²) in [6, 6.07) is 4.43. The standard InChI is InChI=1S/C14H11BrN2O6S/c1-8-6-12(18)13(15)9(2)14(8)16-23-24(21,22)11-5-3-4-10(7-11)17(19)20/h3-7H,1-2H3. The first-order valence-electron chi connectivity index (χ1n) is 6.49. The van der Waals surface area contributed by atoms with E-state index in [9.17, 15) is 23.3 Å². The van der Waals surface area contributed by atoms with E-state index in [1.165, 1.54) is 12.1 Å². The summed E-state index contributed by atoms with van der Waals surface area (Å²) in [5.41, 5.74) is 0.671. The van der Waals surface area contributed by atoms with Gasteiger partial charge in [-0.2, -0.15) is 8.42 Å². The number of non-ortho nitro benzene ring substituents is 1. The maximum atomic E-state index is 12.1. The van der Waals surface area contributed by atoms with Gasteiger partial charge in [-0.1, -0.05) is 11.2 Å². The lowest BCUT2D eigenvalue weighted by Crippen LogP contribution is -2.15. The van der Waals surface area contributed by atoms with Crippen molar-refractivity contribution in [3.05, 3.63) is 56.1 Å². The van der Waals surface area contributed by atoms with Crippen LogP contribution >= 0.6 is 15.9 Å². The molecule has 0 aromatic heterocycles. The molecule has 0 bridgehead atoms. The number of nitro groups is 1. The second kappa shape index (κ2) is 6.65. The summed E-state index contributed by atoms with van der Waals surface area (Å²) in [6.07, 6.45) is 1.29. The molecule has 0 saturated heterocycles. The van der Waals surface area contributed by atoms with Crippen LogP contribution in [-0.2, 0) is 19.2 Å². The van der Waals surface area contributed by atoms with Crippen molar-refractivity contribution < 1.29 is 22.4 Å². The van der Waals surface area contributed by atoms with Crippen LogP contribution in [0.5, 0.6) is 0 Å². The highest BCUT2D eigenvalue weighted by Crippen LogP contribution is 2.25. The van der Waals surface area contributed by atoms with Crippen molar-refractivity contribution in [2.75, 3.05) is 0 Å². The van der Waals surface area contributed by atoms with Crippen molar-refractivity contribution in [1.29, 1.82) is 0 Å². The molecule has 0 heterocycles. The molecule has 0 spiro atoms. The van der Waals surface area contributed by atoms with Gasteiger partial charge in [0.15, 0.2) is 5.78 Å². The molecule has 0 N–H and O–H groups in total. The Morgan fingerprint density at radius 2 is 1.96 bits per heavy atom. The third-order valence-electron chi connectivity index (χ3n) is 3.17. The zero-order chi connectivity index (χ0) is 18.1. The van der Waals surface area contributed by atoms with Crippen LogP contribution in [0.1, 0.15) is 13.8 Å². The van der Waals surface area contributed by atoms with Crippen LogP contribution in [0.25, 0.3) is 0 Å². The van der Waals surface area contributed by atoms with Crippen LogP contribution in [0.2, 0.25) is 0 Å². The fraction of sp³-hybridized carbons (Fsp3) is 0.143. The van der Waals surface area contributed by atoms with Gasteiger partial charge in [0.1, 0.15) is 10.6 Å². The molecule has 0 amide bonds. The number of hydrogen-bond acceptors (Lipinski definition) is 7. The molecule has 24 heavy (non-hydrogen) atoms. The van der Waals surface area contributed by atoms with Crippen molar-refractivity contribution in [3.8, 4) is 0 Å². The van der Waals surface area contributed by atoms with Crippen molar-refractivity contribution in [2.24, 2.45) is 5.16 Å². The first kappa shape index (κ1) is 18.0. The molecule has 1 aliphatic carbocycles. The predicted octanol–water partition coefficient (Wildman–Crippen LogP) is 2.85. The summed E-state index contributed by atoms with van der Waals surface area (Å²) in [4.78, 5) is 21.2. The molecule has 1 aliphatic rings. The lowest BCUT2D eigenvalue weighted by Gasteiger charge is -2.13. The fourth-order valence-electron chi connectivity index (χ4n) is 1.94. The van der Waals surface area contributed by atoms with Gasteiger partial charge in [-0.25, -0.2) is 0 Å². The maximum Gasteiger partial charge on any atom is 0.358 e. The van der Waals surface area contributed by atoms with Crippen molar-refractivity contribution in [1.82, 2.24) is 0 Å². The van der Waals surface area contributed by atoms with E-state index >= 15 is 0 Å². The van der Waals surface area contributed by atoms with Crippen LogP contribution in [-0.4, -0.2) is 24.8 Å². The number of rotatable bonds is 4. The Bertz CT molecular complexity index is 930. The lowest BCUT2D eigenvalue weighted by atomic mass is 9.98. The maximum absolute atomic E-state index is 12.1. The van der Waals surface area contributed by atoms with E-state index in [2.05, 4.69) is 25.4 Å². The molecule has 8 nitrogen and oxygen atoms in total. The number of carbonyl (C=O) groups is 1. The molecule has 0 radical (unpaired) electrons. The number of halogens is 1. The highest BCUT2D eigenvalue weighted by atomic mass is 79.9. The van der Waals surface area contributed by atoms with E-state index in [1.54, 1.807) is 13.8 Å². The number of oxime groups is 1. The highest BCUT2D eigenvalue weighted by molar-refractivity contribution is 9.12. The van der Waals surface area contributed by atoms with Crippen molar-refractivity contribution in [2.45, 2.75) is 18.7 Å². The Labute approximate surface area is 145 Å². The zero-order valence-electron chi connectivity index (χ0n) is 12.5. The molecule has 2 rings (SSSR count). The molecule has 0 saturated carbocycles. The zero-order valence-corrected chi connectivity index (χ0v) is 14.9. The van der Waals surface area contributed by atoms with Gasteiger partial charge in [-0.15, -0.1) is 0 Å². The Hall–Kier alpha value is -2.33. The quantitative estimate of drug-likeness (QED) is 0.424. The minimum absolute atomic E-state index is 0.190. The molecule has 0 fully saturated rings. The topological polar surface area (TPSA) is 116 Å². The minimum atomic E-state index is -4.34. The molecule has 10 heteroatoms. The predicted molar refractivity (Wildman–Crippen MR) is 89.2 cm³/mol. The number of hydrogen-bond donors (Lipinski definition) is 0. The Balaban J connectivity index is 2.37. The Morgan fingerprint density at radius 3 is 2.58 bits per heavy atom. The van der Waals surface area contributed by atoms with Crippen LogP contribution in [0, 0.1) is 10.1 Å². The number of allylic oxidation sites excluding steroid dienone is 4. The Morgan fingerprint density at radius 1 is 1.29 bits per heavy atom. The number of ketones is 1. The minimum Gasteiger partial charge on any atom is -0.289 e. The first-order valence-corrected chi connectivity index (χ1v) is 8.69. The normalized spacial score (nSPS) is 17.0. The van der Waals surface area contributed by atoms with Crippen LogP contribution in [0.15, 0.2) is 56.0 Å². The van der Waals surface area contributed by atoms with Crippen molar-refractivity contribution in [3.63, 3.8) is 0 Å². The smallest absolute Gasteiger partial charge is 0.289 e. The van der Waals surface area contributed by atoms with E-state index in [0.717, 1.165) is 18.2 Å². The van der Waals surface area contributed by atoms with Gasteiger partial charge < -0.3 is 0 Å². The second-order valence-electron chi connectivity index (χ2n) is 4.85. The average Bonchev–Trinajstić information content (AvgIpc) is 2.52. The largest absolute Gasteiger partial charge is 0.358 e. The van der Waals surface area contributed by atoms with Crippen molar-refractivity contribution >= 4 is 43.2 Å². The summed E-state index contributed by atoms with van der Waals surface area (Å²) >= 11 is 3.10. The van der Waals surface area contributed by atoms with Gasteiger partial charge in [0.2, 0.25) is 0 Å². The summed E-state index contributed by atoms with van der Waals surface area (Å²) in [5.74, 6) is -0.259. The average molecular weight is 415 g/mol. The highest BCUT2D eigenvalue weighted by Gasteiger charge is 2.23. The Kier molecular flexibility index (Phi) is 4.99. The summed E-state index contributed by atoms with van der Waals surface area (Å²) in [5, 5.41) is 14.3. The van der Waals surface area contributed by atoms with Gasteiger partial charge >= 0.3 is 10.1 Å². The summed E-state index contributed by atoms with van der Waals surface area (Å²) < 4.78 is 29.2. The number of nitrogens with zero attached hydrogens (tertiary/aromatic N) is 2. The number of benzene rings is 1. The van der Waals surface area contributed by atoms with E-state index in [0.29, 0.717) is 11.1 Å². The molecule has 0 atom stereocenters. The van der Waals surface area contributed by atoms with Crippen LogP contribution < -0.4 is 0 Å². The van der Waals surface area contributed by atoms with Crippen LogP contribution in [0.4, 0.5) is 5.69 Å². The van der Waals surface area contributed by atoms with Gasteiger partial charge in [-0.3, -0.25) is 19.2 Å². The van der Waals surface area contributed by atoms with Gasteiger partial charge in [-0.05, 0) is 53.1 Å². The first-order chi connectivity index (χ1) is 11.1. The van der Waals surface area contributed by atoms with Gasteiger partial charge in [0.05, 0.1) is 9.41 Å². The van der Waals surface area contributed by atoms with Gasteiger partial charge in [0, 0.05) is 12.1 Å². The monoisotopic (exact) mass is 414 g/mol. The summed E-state index contributed by atoms with van der Waals surface area (Å²) in [6.45, 7) is 3.17. The molecule has 1 aromatic carbocycles. The molecular formula is C14H11BrN2O6S. The number of carbonyl (C=O) groups excluding carboxylic acids is 1. The SMILES string of the molecule is CC1=CC(=O)C(Br)=C(C)C1=NOS(=O)(=O)c1cccc([N+](=O)[O-])c1. The summed E-state index contributed by atoms with van der Waals surface area (Å²) in [7, 11) is -4.34. The van der Waals surface area contributed by atoms with Crippen LogP contribution in [0.3, 0.4) is 0 Å².